The number of amides is 1. The summed E-state index contributed by atoms with van der Waals surface area (Å²) in [4.78, 5) is 17.1. The van der Waals surface area contributed by atoms with E-state index in [0.717, 1.165) is 17.4 Å². The number of carbonyl (C=O) groups is 1. The van der Waals surface area contributed by atoms with Crippen LogP contribution >= 0.6 is 11.3 Å². The highest BCUT2D eigenvalue weighted by molar-refractivity contribution is 7.89. The normalized spacial score (nSPS) is 12.4. The fourth-order valence-corrected chi connectivity index (χ4v) is 5.75. The molecular weight excluding hydrogens is 468 g/mol. The second kappa shape index (κ2) is 10.3. The fourth-order valence-electron chi connectivity index (χ4n) is 3.27. The first-order valence-electron chi connectivity index (χ1n) is 10.1. The number of nitrogens with zero attached hydrogens (tertiary/aromatic N) is 3. The average molecular weight is 492 g/mol. The molecule has 0 fully saturated rings. The number of aromatic nitrogens is 1. The molecule has 33 heavy (non-hydrogen) atoms. The van der Waals surface area contributed by atoms with E-state index in [-0.39, 0.29) is 33.9 Å². The Bertz CT molecular complexity index is 1360. The average Bonchev–Trinajstić information content (AvgIpc) is 3.10. The molecule has 0 atom stereocenters. The predicted octanol–water partition coefficient (Wildman–Crippen LogP) is 4.49. The highest BCUT2D eigenvalue weighted by Gasteiger charge is 2.22. The van der Waals surface area contributed by atoms with E-state index in [9.17, 15) is 22.0 Å². The Kier molecular flexibility index (Phi) is 7.72. The van der Waals surface area contributed by atoms with Gasteiger partial charge in [-0.1, -0.05) is 30.4 Å². The second-order valence-corrected chi connectivity index (χ2v) is 10.1. The first kappa shape index (κ1) is 24.7. The highest BCUT2D eigenvalue weighted by Crippen LogP contribution is 2.23. The molecule has 0 spiro atoms. The number of rotatable bonds is 9. The van der Waals surface area contributed by atoms with Crippen LogP contribution in [0.4, 0.5) is 8.78 Å². The third kappa shape index (κ3) is 5.18. The molecule has 3 aromatic rings. The van der Waals surface area contributed by atoms with Crippen molar-refractivity contribution < 1.29 is 22.0 Å². The van der Waals surface area contributed by atoms with Gasteiger partial charge in [0.15, 0.2) is 10.6 Å². The first-order chi connectivity index (χ1) is 15.7. The largest absolute Gasteiger partial charge is 0.314 e. The Morgan fingerprint density at radius 1 is 1.15 bits per heavy atom. The maximum atomic E-state index is 14.4. The molecule has 0 aliphatic rings. The minimum absolute atomic E-state index is 0.0169. The van der Waals surface area contributed by atoms with Crippen molar-refractivity contribution >= 4 is 37.5 Å². The van der Waals surface area contributed by atoms with E-state index < -0.39 is 27.6 Å². The topological polar surface area (TPSA) is 71.7 Å². The summed E-state index contributed by atoms with van der Waals surface area (Å²) < 4.78 is 56.7. The number of sulfonamides is 1. The summed E-state index contributed by atoms with van der Waals surface area (Å²) in [6.45, 7) is 9.66. The fraction of sp³-hybridized carbons (Fsp3) is 0.217. The molecule has 0 unspecified atom stereocenters. The molecule has 0 saturated heterocycles. The molecule has 174 valence electrons. The van der Waals surface area contributed by atoms with Crippen LogP contribution in [0.5, 0.6) is 0 Å². The predicted molar refractivity (Wildman–Crippen MR) is 126 cm³/mol. The van der Waals surface area contributed by atoms with Crippen molar-refractivity contribution in [2.24, 2.45) is 4.99 Å². The van der Waals surface area contributed by atoms with E-state index >= 15 is 0 Å². The van der Waals surface area contributed by atoms with Crippen molar-refractivity contribution in [2.75, 3.05) is 13.1 Å². The van der Waals surface area contributed by atoms with Gasteiger partial charge in [-0.3, -0.25) is 4.79 Å². The maximum Gasteiger partial charge on any atom is 0.279 e. The Morgan fingerprint density at radius 2 is 1.79 bits per heavy atom. The minimum Gasteiger partial charge on any atom is -0.314 e. The van der Waals surface area contributed by atoms with E-state index in [2.05, 4.69) is 18.2 Å². The van der Waals surface area contributed by atoms with Crippen LogP contribution in [0.25, 0.3) is 10.2 Å². The van der Waals surface area contributed by atoms with Crippen LogP contribution < -0.4 is 4.80 Å². The van der Waals surface area contributed by atoms with Crippen LogP contribution in [0.3, 0.4) is 0 Å². The quantitative estimate of drug-likeness (QED) is 0.414. The SMILES string of the molecule is C=CCN(CC=C)S(=O)(=O)c1ccc(C(=O)N=c2sc3cc(F)cc(F)c3n2CCC)cc1. The Labute approximate surface area is 194 Å². The van der Waals surface area contributed by atoms with Gasteiger partial charge in [0.2, 0.25) is 10.0 Å². The molecule has 2 aromatic carbocycles. The lowest BCUT2D eigenvalue weighted by atomic mass is 10.2. The van der Waals surface area contributed by atoms with Crippen LogP contribution in [0.1, 0.15) is 23.7 Å². The third-order valence-electron chi connectivity index (χ3n) is 4.74. The molecule has 0 aliphatic heterocycles. The van der Waals surface area contributed by atoms with Gasteiger partial charge >= 0.3 is 0 Å². The van der Waals surface area contributed by atoms with Gasteiger partial charge in [0.25, 0.3) is 5.91 Å². The standard InChI is InChI=1S/C23H23F2N3O3S2/c1-4-11-27(12-5-2)33(30,31)18-9-7-16(8-10-18)22(29)26-23-28(13-6-3)21-19(25)14-17(24)15-20(21)32-23/h4-5,7-10,14-15H,1-2,6,11-13H2,3H3. The number of fused-ring (bicyclic) bond motifs is 1. The molecule has 0 radical (unpaired) electrons. The van der Waals surface area contributed by atoms with E-state index in [1.807, 2.05) is 6.92 Å². The highest BCUT2D eigenvalue weighted by atomic mass is 32.2. The number of hydrogen-bond donors (Lipinski definition) is 0. The first-order valence-corrected chi connectivity index (χ1v) is 12.4. The second-order valence-electron chi connectivity index (χ2n) is 7.11. The summed E-state index contributed by atoms with van der Waals surface area (Å²) in [5.74, 6) is -2.05. The van der Waals surface area contributed by atoms with Gasteiger partial charge in [0.1, 0.15) is 5.82 Å². The molecule has 1 heterocycles. The summed E-state index contributed by atoms with van der Waals surface area (Å²) in [5.41, 5.74) is 0.362. The van der Waals surface area contributed by atoms with Crippen molar-refractivity contribution in [3.05, 3.63) is 83.7 Å². The maximum absolute atomic E-state index is 14.4. The van der Waals surface area contributed by atoms with E-state index in [4.69, 9.17) is 0 Å². The molecule has 3 rings (SSSR count). The van der Waals surface area contributed by atoms with Crippen molar-refractivity contribution in [3.8, 4) is 0 Å². The Morgan fingerprint density at radius 3 is 2.36 bits per heavy atom. The Hall–Kier alpha value is -2.95. The number of thiazole rings is 1. The van der Waals surface area contributed by atoms with Gasteiger partial charge in [0, 0.05) is 31.3 Å². The van der Waals surface area contributed by atoms with Gasteiger partial charge in [-0.2, -0.15) is 9.30 Å². The lowest BCUT2D eigenvalue weighted by Crippen LogP contribution is -2.31. The van der Waals surface area contributed by atoms with E-state index in [1.165, 1.54) is 46.8 Å². The van der Waals surface area contributed by atoms with Gasteiger partial charge in [0.05, 0.1) is 15.1 Å². The van der Waals surface area contributed by atoms with Gasteiger partial charge in [-0.25, -0.2) is 17.2 Å². The van der Waals surface area contributed by atoms with Gasteiger partial charge in [-0.15, -0.1) is 13.2 Å². The third-order valence-corrected chi connectivity index (χ3v) is 7.62. The molecule has 1 amide bonds. The molecule has 6 nitrogen and oxygen atoms in total. The van der Waals surface area contributed by atoms with Gasteiger partial charge in [-0.05, 0) is 36.8 Å². The van der Waals surface area contributed by atoms with Gasteiger partial charge < -0.3 is 4.57 Å². The van der Waals surface area contributed by atoms with Crippen LogP contribution in [-0.2, 0) is 16.6 Å². The number of aryl methyl sites for hydroxylation is 1. The van der Waals surface area contributed by atoms with Crippen molar-refractivity contribution in [3.63, 3.8) is 0 Å². The van der Waals surface area contributed by atoms with Crippen LogP contribution in [0.2, 0.25) is 0 Å². The number of benzene rings is 2. The smallest absolute Gasteiger partial charge is 0.279 e. The molecule has 0 saturated carbocycles. The summed E-state index contributed by atoms with van der Waals surface area (Å²) in [5, 5.41) is 0. The zero-order chi connectivity index (χ0) is 24.2. The van der Waals surface area contributed by atoms with E-state index in [1.54, 1.807) is 4.57 Å². The monoisotopic (exact) mass is 491 g/mol. The lowest BCUT2D eigenvalue weighted by Gasteiger charge is -2.19. The number of halogens is 2. The summed E-state index contributed by atoms with van der Waals surface area (Å²) >= 11 is 1.01. The summed E-state index contributed by atoms with van der Waals surface area (Å²) in [7, 11) is -3.80. The minimum atomic E-state index is -3.80. The lowest BCUT2D eigenvalue weighted by molar-refractivity contribution is 0.0997. The Balaban J connectivity index is 1.99. The van der Waals surface area contributed by atoms with Crippen molar-refractivity contribution in [1.82, 2.24) is 8.87 Å². The number of carbonyl (C=O) groups excluding carboxylic acids is 1. The molecule has 0 bridgehead atoms. The molecule has 10 heteroatoms. The molecule has 0 aliphatic carbocycles. The van der Waals surface area contributed by atoms with Crippen LogP contribution in [0, 0.1) is 11.6 Å². The summed E-state index contributed by atoms with van der Waals surface area (Å²) in [6, 6.07) is 7.41. The summed E-state index contributed by atoms with van der Waals surface area (Å²) in [6.07, 6.45) is 3.61. The van der Waals surface area contributed by atoms with Crippen molar-refractivity contribution in [2.45, 2.75) is 24.8 Å². The zero-order valence-electron chi connectivity index (χ0n) is 18.0. The number of hydrogen-bond acceptors (Lipinski definition) is 4. The van der Waals surface area contributed by atoms with E-state index in [0.29, 0.717) is 17.7 Å². The zero-order valence-corrected chi connectivity index (χ0v) is 19.6. The van der Waals surface area contributed by atoms with Crippen LogP contribution in [-0.4, -0.2) is 36.3 Å². The molecule has 0 N–H and O–H groups in total. The van der Waals surface area contributed by atoms with Crippen LogP contribution in [0.15, 0.2) is 71.6 Å². The molecular formula is C23H23F2N3O3S2. The molecule has 1 aromatic heterocycles. The van der Waals surface area contributed by atoms with Crippen molar-refractivity contribution in [1.29, 1.82) is 0 Å².